The maximum atomic E-state index is 14.3. The smallest absolute Gasteiger partial charge is 0.337 e. The summed E-state index contributed by atoms with van der Waals surface area (Å²) < 4.78 is 20.6. The largest absolute Gasteiger partial charge is 0.478 e. The molecule has 236 valence electrons. The first-order chi connectivity index (χ1) is 21.7. The van der Waals surface area contributed by atoms with Gasteiger partial charge in [0, 0.05) is 36.8 Å². The van der Waals surface area contributed by atoms with E-state index >= 15 is 0 Å². The number of pyridine rings is 1. The van der Waals surface area contributed by atoms with E-state index in [0.717, 1.165) is 16.7 Å². The van der Waals surface area contributed by atoms with Crippen molar-refractivity contribution in [3.05, 3.63) is 107 Å². The number of hydrogen-bond acceptors (Lipinski definition) is 5. The molecule has 6 rings (SSSR count). The average molecular weight is 640 g/mol. The Kier molecular flexibility index (Phi) is 7.89. The summed E-state index contributed by atoms with van der Waals surface area (Å²) >= 11 is 5.92. The molecule has 1 saturated heterocycles. The second-order valence-corrected chi connectivity index (χ2v) is 13.8. The van der Waals surface area contributed by atoms with Crippen LogP contribution in [0.25, 0.3) is 33.5 Å². The minimum atomic E-state index is -1.00. The van der Waals surface area contributed by atoms with Gasteiger partial charge in [-0.15, -0.1) is 0 Å². The van der Waals surface area contributed by atoms with E-state index in [1.807, 2.05) is 88.0 Å². The van der Waals surface area contributed by atoms with Crippen molar-refractivity contribution in [1.82, 2.24) is 9.88 Å². The molecular formula is C37H35ClFN3O4. The number of aromatic nitrogens is 1. The molecule has 0 saturated carbocycles. The highest BCUT2D eigenvalue weighted by atomic mass is 35.5. The van der Waals surface area contributed by atoms with Crippen LogP contribution in [0.4, 0.5) is 10.1 Å². The number of hydrogen-bond donors (Lipinski definition) is 1. The molecule has 1 aliphatic heterocycles. The van der Waals surface area contributed by atoms with Gasteiger partial charge in [-0.05, 0) is 60.7 Å². The summed E-state index contributed by atoms with van der Waals surface area (Å²) in [5.74, 6) is -1.66. The fourth-order valence-electron chi connectivity index (χ4n) is 6.14. The number of rotatable bonds is 5. The van der Waals surface area contributed by atoms with Crippen molar-refractivity contribution in [1.29, 1.82) is 0 Å². The van der Waals surface area contributed by atoms with Crippen molar-refractivity contribution < 1.29 is 23.5 Å². The molecule has 0 spiro atoms. The van der Waals surface area contributed by atoms with Crippen LogP contribution in [0.1, 0.15) is 61.1 Å². The maximum Gasteiger partial charge on any atom is 0.337 e. The van der Waals surface area contributed by atoms with Crippen LogP contribution in [0.15, 0.2) is 83.3 Å². The van der Waals surface area contributed by atoms with Crippen LogP contribution < -0.4 is 4.90 Å². The van der Waals surface area contributed by atoms with Crippen molar-refractivity contribution in [3.63, 3.8) is 0 Å². The lowest BCUT2D eigenvalue weighted by Gasteiger charge is -2.48. The number of carbonyl (C=O) groups is 2. The Morgan fingerprint density at radius 3 is 2.30 bits per heavy atom. The zero-order valence-electron chi connectivity index (χ0n) is 26.4. The van der Waals surface area contributed by atoms with Crippen molar-refractivity contribution in [2.24, 2.45) is 0 Å². The van der Waals surface area contributed by atoms with Crippen molar-refractivity contribution >= 4 is 40.3 Å². The van der Waals surface area contributed by atoms with E-state index in [9.17, 15) is 19.1 Å². The van der Waals surface area contributed by atoms with Crippen LogP contribution in [0.3, 0.4) is 0 Å². The molecule has 5 aromatic rings. The fourth-order valence-corrected chi connectivity index (χ4v) is 6.26. The topological polar surface area (TPSA) is 86.9 Å². The third kappa shape index (κ3) is 5.85. The van der Waals surface area contributed by atoms with Crippen LogP contribution in [0, 0.1) is 5.82 Å². The molecule has 9 heteroatoms. The molecule has 1 fully saturated rings. The van der Waals surface area contributed by atoms with Crippen LogP contribution in [0.5, 0.6) is 0 Å². The molecule has 0 radical (unpaired) electrons. The SMILES string of the molecule is CC(C)(C)c1cc(-c2ccc(Cl)c(F)c2)nc2cc(C(=O)N3CCN(c4cc(-c5ccccc5)ccc4C(=O)O)CC3(C)C)oc12. The molecule has 0 atom stereocenters. The number of carbonyl (C=O) groups excluding carboxylic acids is 1. The first-order valence-electron chi connectivity index (χ1n) is 15.1. The molecule has 0 aliphatic carbocycles. The molecule has 1 N–H and O–H groups in total. The summed E-state index contributed by atoms with van der Waals surface area (Å²) in [4.78, 5) is 34.9. The van der Waals surface area contributed by atoms with Gasteiger partial charge in [-0.1, -0.05) is 74.8 Å². The first kappa shape index (κ1) is 31.3. The Hall–Kier alpha value is -4.69. The number of nitrogens with zero attached hydrogens (tertiary/aromatic N) is 3. The van der Waals surface area contributed by atoms with E-state index in [1.54, 1.807) is 23.1 Å². The van der Waals surface area contributed by atoms with E-state index in [4.69, 9.17) is 21.0 Å². The van der Waals surface area contributed by atoms with E-state index in [1.165, 1.54) is 12.1 Å². The summed E-state index contributed by atoms with van der Waals surface area (Å²) in [6.07, 6.45) is 0. The lowest BCUT2D eigenvalue weighted by molar-refractivity contribution is 0.0482. The Balaban J connectivity index is 1.32. The van der Waals surface area contributed by atoms with Gasteiger partial charge in [0.05, 0.1) is 27.5 Å². The minimum Gasteiger partial charge on any atom is -0.478 e. The zero-order chi connectivity index (χ0) is 33.0. The number of halogens is 2. The molecule has 7 nitrogen and oxygen atoms in total. The third-order valence-corrected chi connectivity index (χ3v) is 8.84. The highest BCUT2D eigenvalue weighted by molar-refractivity contribution is 6.30. The number of carboxylic acids is 1. The monoisotopic (exact) mass is 639 g/mol. The second kappa shape index (κ2) is 11.6. The molecule has 0 bridgehead atoms. The van der Waals surface area contributed by atoms with Gasteiger partial charge in [-0.3, -0.25) is 4.79 Å². The Labute approximate surface area is 272 Å². The average Bonchev–Trinajstić information content (AvgIpc) is 3.45. The van der Waals surface area contributed by atoms with Crippen LogP contribution >= 0.6 is 11.6 Å². The number of aromatic carboxylic acids is 1. The highest BCUT2D eigenvalue weighted by Crippen LogP contribution is 2.37. The Morgan fingerprint density at radius 1 is 0.935 bits per heavy atom. The van der Waals surface area contributed by atoms with Crippen LogP contribution in [-0.4, -0.2) is 52.0 Å². The van der Waals surface area contributed by atoms with E-state index in [2.05, 4.69) is 0 Å². The number of benzene rings is 3. The summed E-state index contributed by atoms with van der Waals surface area (Å²) in [7, 11) is 0. The molecule has 1 amide bonds. The third-order valence-electron chi connectivity index (χ3n) is 8.54. The number of anilines is 1. The Morgan fingerprint density at radius 2 is 1.65 bits per heavy atom. The van der Waals surface area contributed by atoms with Gasteiger partial charge in [0.1, 0.15) is 11.3 Å². The summed E-state index contributed by atoms with van der Waals surface area (Å²) in [6, 6.07) is 23.3. The van der Waals surface area contributed by atoms with Crippen molar-refractivity contribution in [2.75, 3.05) is 24.5 Å². The standard InChI is InChI=1S/C37H35ClFN3O4/c1-36(2,3)26-19-29(24-12-14-27(38)28(39)17-24)40-30-20-32(46-33(26)30)34(43)42-16-15-41(21-37(42,4)5)31-18-23(11-13-25(31)35(44)45)22-9-7-6-8-10-22/h6-14,17-20H,15-16,21H2,1-5H3,(H,44,45). The van der Waals surface area contributed by atoms with Crippen LogP contribution in [0.2, 0.25) is 5.02 Å². The van der Waals surface area contributed by atoms with E-state index in [-0.39, 0.29) is 27.7 Å². The molecule has 46 heavy (non-hydrogen) atoms. The number of fused-ring (bicyclic) bond motifs is 1. The Bertz CT molecular complexity index is 1980. The molecule has 1 aliphatic rings. The van der Waals surface area contributed by atoms with Crippen molar-refractivity contribution in [2.45, 2.75) is 45.6 Å². The van der Waals surface area contributed by atoms with Crippen molar-refractivity contribution in [3.8, 4) is 22.4 Å². The predicted molar refractivity (Wildman–Crippen MR) is 179 cm³/mol. The summed E-state index contributed by atoms with van der Waals surface area (Å²) in [5.41, 5.74) is 4.67. The predicted octanol–water partition coefficient (Wildman–Crippen LogP) is 8.69. The number of amides is 1. The molecule has 3 aromatic carbocycles. The molecule has 2 aromatic heterocycles. The maximum absolute atomic E-state index is 14.3. The van der Waals surface area contributed by atoms with Gasteiger partial charge < -0.3 is 19.3 Å². The van der Waals surface area contributed by atoms with Gasteiger partial charge in [0.15, 0.2) is 11.3 Å². The van der Waals surface area contributed by atoms with Gasteiger partial charge in [-0.2, -0.15) is 0 Å². The quantitative estimate of drug-likeness (QED) is 0.207. The number of furan rings is 1. The van der Waals surface area contributed by atoms with Gasteiger partial charge in [0.25, 0.3) is 5.91 Å². The lowest BCUT2D eigenvalue weighted by Crippen LogP contribution is -2.61. The number of piperazine rings is 1. The first-order valence-corrected chi connectivity index (χ1v) is 15.5. The van der Waals surface area contributed by atoms with Gasteiger partial charge in [0.2, 0.25) is 0 Å². The van der Waals surface area contributed by atoms with E-state index in [0.29, 0.717) is 47.7 Å². The van der Waals surface area contributed by atoms with E-state index < -0.39 is 17.3 Å². The lowest BCUT2D eigenvalue weighted by atomic mass is 9.86. The van der Waals surface area contributed by atoms with Gasteiger partial charge >= 0.3 is 5.97 Å². The fraction of sp³-hybridized carbons (Fsp3) is 0.270. The second-order valence-electron chi connectivity index (χ2n) is 13.4. The summed E-state index contributed by atoms with van der Waals surface area (Å²) in [5, 5.41) is 10.0. The zero-order valence-corrected chi connectivity index (χ0v) is 27.2. The number of carboxylic acid groups (broad SMARTS) is 1. The normalized spacial score (nSPS) is 14.9. The minimum absolute atomic E-state index is 0.0304. The van der Waals surface area contributed by atoms with Gasteiger partial charge in [-0.25, -0.2) is 14.2 Å². The highest BCUT2D eigenvalue weighted by Gasteiger charge is 2.39. The molecular weight excluding hydrogens is 605 g/mol. The summed E-state index contributed by atoms with van der Waals surface area (Å²) in [6.45, 7) is 11.3. The van der Waals surface area contributed by atoms with Crippen LogP contribution in [-0.2, 0) is 5.41 Å². The molecule has 0 unspecified atom stereocenters. The molecule has 3 heterocycles.